The Kier molecular flexibility index (Phi) is 2.33. The third-order valence-corrected chi connectivity index (χ3v) is 3.64. The lowest BCUT2D eigenvalue weighted by molar-refractivity contribution is 0.174. The first-order valence-electron chi connectivity index (χ1n) is 6.54. The molecule has 98 valence electrons. The van der Waals surface area contributed by atoms with E-state index in [4.69, 9.17) is 4.74 Å². The summed E-state index contributed by atoms with van der Waals surface area (Å²) in [5.74, 6) is 0.278. The van der Waals surface area contributed by atoms with E-state index in [9.17, 15) is 5.11 Å². The molecule has 3 heteroatoms. The molecule has 0 radical (unpaired) electrons. The van der Waals surface area contributed by atoms with E-state index < -0.39 is 0 Å². The SMILES string of the molecule is OC1=CC2=COC(c3ccccc3)N2c2ccccc21. The van der Waals surface area contributed by atoms with E-state index in [1.807, 2.05) is 54.6 Å². The van der Waals surface area contributed by atoms with Gasteiger partial charge in [-0.2, -0.15) is 0 Å². The average molecular weight is 263 g/mol. The number of hydrogen-bond donors (Lipinski definition) is 1. The maximum atomic E-state index is 10.1. The molecule has 0 saturated carbocycles. The predicted molar refractivity (Wildman–Crippen MR) is 77.9 cm³/mol. The van der Waals surface area contributed by atoms with Gasteiger partial charge in [-0.15, -0.1) is 0 Å². The molecular weight excluding hydrogens is 250 g/mol. The molecule has 1 N–H and O–H groups in total. The Bertz CT molecular complexity index is 719. The topological polar surface area (TPSA) is 32.7 Å². The zero-order valence-electron chi connectivity index (χ0n) is 10.7. The number of aliphatic hydroxyl groups excluding tert-OH is 1. The molecule has 0 amide bonds. The molecule has 0 aliphatic carbocycles. The minimum absolute atomic E-state index is 0.184. The van der Waals surface area contributed by atoms with Crippen LogP contribution >= 0.6 is 0 Å². The van der Waals surface area contributed by atoms with Crippen LogP contribution in [0.15, 0.2) is 72.6 Å². The number of anilines is 1. The van der Waals surface area contributed by atoms with Crippen molar-refractivity contribution in [2.75, 3.05) is 4.90 Å². The Balaban J connectivity index is 1.85. The quantitative estimate of drug-likeness (QED) is 0.844. The van der Waals surface area contributed by atoms with E-state index in [2.05, 4.69) is 4.90 Å². The van der Waals surface area contributed by atoms with Crippen molar-refractivity contribution >= 4 is 11.4 Å². The van der Waals surface area contributed by atoms with Crippen LogP contribution in [0.2, 0.25) is 0 Å². The van der Waals surface area contributed by atoms with Crippen LogP contribution in [0.3, 0.4) is 0 Å². The smallest absolute Gasteiger partial charge is 0.202 e. The van der Waals surface area contributed by atoms with Crippen molar-refractivity contribution in [3.05, 3.63) is 83.8 Å². The summed E-state index contributed by atoms with van der Waals surface area (Å²) < 4.78 is 5.80. The molecule has 1 atom stereocenters. The van der Waals surface area contributed by atoms with Crippen LogP contribution in [0.5, 0.6) is 0 Å². The van der Waals surface area contributed by atoms with Gasteiger partial charge in [-0.25, -0.2) is 0 Å². The number of para-hydroxylation sites is 1. The summed E-state index contributed by atoms with van der Waals surface area (Å²) >= 11 is 0. The van der Waals surface area contributed by atoms with Crippen molar-refractivity contribution in [2.24, 2.45) is 0 Å². The largest absolute Gasteiger partial charge is 0.507 e. The van der Waals surface area contributed by atoms with Crippen molar-refractivity contribution in [3.8, 4) is 0 Å². The van der Waals surface area contributed by atoms with Crippen LogP contribution in [0.4, 0.5) is 5.69 Å². The molecule has 4 rings (SSSR count). The van der Waals surface area contributed by atoms with E-state index in [1.54, 1.807) is 12.3 Å². The summed E-state index contributed by atoms with van der Waals surface area (Å²) in [6.45, 7) is 0. The lowest BCUT2D eigenvalue weighted by Crippen LogP contribution is -2.26. The summed E-state index contributed by atoms with van der Waals surface area (Å²) in [5.41, 5.74) is 3.75. The normalized spacial score (nSPS) is 19.6. The number of allylic oxidation sites excluding steroid dienone is 1. The summed E-state index contributed by atoms with van der Waals surface area (Å²) in [6, 6.07) is 17.9. The highest BCUT2D eigenvalue weighted by Crippen LogP contribution is 2.43. The molecular formula is C17H13NO2. The van der Waals surface area contributed by atoms with Gasteiger partial charge >= 0.3 is 0 Å². The van der Waals surface area contributed by atoms with Crippen LogP contribution in [0.1, 0.15) is 17.4 Å². The Morgan fingerprint density at radius 1 is 0.950 bits per heavy atom. The van der Waals surface area contributed by atoms with E-state index in [1.165, 1.54) is 0 Å². The van der Waals surface area contributed by atoms with E-state index in [0.717, 1.165) is 22.5 Å². The first kappa shape index (κ1) is 11.2. The van der Waals surface area contributed by atoms with E-state index in [0.29, 0.717) is 0 Å². The molecule has 2 aromatic rings. The molecule has 3 nitrogen and oxygen atoms in total. The molecule has 0 bridgehead atoms. The monoisotopic (exact) mass is 263 g/mol. The van der Waals surface area contributed by atoms with Crippen LogP contribution in [-0.2, 0) is 4.74 Å². The van der Waals surface area contributed by atoms with Crippen molar-refractivity contribution in [3.63, 3.8) is 0 Å². The molecule has 2 heterocycles. The first-order valence-corrected chi connectivity index (χ1v) is 6.54. The molecule has 2 aliphatic rings. The number of ether oxygens (including phenoxy) is 1. The van der Waals surface area contributed by atoms with Crippen molar-refractivity contribution < 1.29 is 9.84 Å². The van der Waals surface area contributed by atoms with Gasteiger partial charge in [-0.3, -0.25) is 4.90 Å². The minimum Gasteiger partial charge on any atom is -0.507 e. The van der Waals surface area contributed by atoms with Crippen LogP contribution in [0, 0.1) is 0 Å². The number of nitrogens with zero attached hydrogens (tertiary/aromatic N) is 1. The van der Waals surface area contributed by atoms with Gasteiger partial charge in [0.15, 0.2) is 0 Å². The third-order valence-electron chi connectivity index (χ3n) is 3.64. The molecule has 0 aromatic heterocycles. The van der Waals surface area contributed by atoms with Crippen LogP contribution in [0.25, 0.3) is 5.76 Å². The second-order valence-electron chi connectivity index (χ2n) is 4.86. The Morgan fingerprint density at radius 3 is 2.55 bits per heavy atom. The van der Waals surface area contributed by atoms with Gasteiger partial charge in [0.2, 0.25) is 6.23 Å². The molecule has 0 fully saturated rings. The van der Waals surface area contributed by atoms with Crippen LogP contribution in [-0.4, -0.2) is 5.11 Å². The molecule has 2 aliphatic heterocycles. The van der Waals surface area contributed by atoms with Gasteiger partial charge in [0.05, 0.1) is 11.4 Å². The third kappa shape index (κ3) is 1.53. The van der Waals surface area contributed by atoms with Gasteiger partial charge in [0.1, 0.15) is 12.0 Å². The van der Waals surface area contributed by atoms with Crippen molar-refractivity contribution in [1.82, 2.24) is 0 Å². The Morgan fingerprint density at radius 2 is 1.70 bits per heavy atom. The van der Waals surface area contributed by atoms with Crippen molar-refractivity contribution in [1.29, 1.82) is 0 Å². The lowest BCUT2D eigenvalue weighted by atomic mass is 10.0. The fourth-order valence-corrected chi connectivity index (χ4v) is 2.72. The second kappa shape index (κ2) is 4.17. The standard InChI is InChI=1S/C17H13NO2/c19-16-10-13-11-20-17(12-6-2-1-3-7-12)18(13)15-9-5-4-8-14(15)16/h1-11,17,19H. The number of aliphatic hydroxyl groups is 1. The minimum atomic E-state index is -0.184. The maximum absolute atomic E-state index is 10.1. The highest BCUT2D eigenvalue weighted by Gasteiger charge is 2.34. The number of benzene rings is 2. The van der Waals surface area contributed by atoms with Gasteiger partial charge in [-0.1, -0.05) is 42.5 Å². The van der Waals surface area contributed by atoms with E-state index >= 15 is 0 Å². The highest BCUT2D eigenvalue weighted by atomic mass is 16.5. The van der Waals surface area contributed by atoms with Gasteiger partial charge in [-0.05, 0) is 12.1 Å². The molecule has 20 heavy (non-hydrogen) atoms. The fraction of sp³-hybridized carbons (Fsp3) is 0.0588. The average Bonchev–Trinajstić information content (AvgIpc) is 2.92. The summed E-state index contributed by atoms with van der Waals surface area (Å²) in [7, 11) is 0. The predicted octanol–water partition coefficient (Wildman–Crippen LogP) is 3.98. The number of hydrogen-bond acceptors (Lipinski definition) is 3. The molecule has 1 unspecified atom stereocenters. The zero-order chi connectivity index (χ0) is 13.5. The number of rotatable bonds is 1. The van der Waals surface area contributed by atoms with E-state index in [-0.39, 0.29) is 12.0 Å². The van der Waals surface area contributed by atoms with Gasteiger partial charge in [0, 0.05) is 17.2 Å². The summed E-state index contributed by atoms with van der Waals surface area (Å²) in [6.07, 6.45) is 3.26. The van der Waals surface area contributed by atoms with Gasteiger partial charge < -0.3 is 9.84 Å². The maximum Gasteiger partial charge on any atom is 0.202 e. The highest BCUT2D eigenvalue weighted by molar-refractivity contribution is 5.81. The number of fused-ring (bicyclic) bond motifs is 3. The summed E-state index contributed by atoms with van der Waals surface area (Å²) in [4.78, 5) is 2.10. The molecule has 0 saturated heterocycles. The molecule has 0 spiro atoms. The zero-order valence-corrected chi connectivity index (χ0v) is 10.7. The summed E-state index contributed by atoms with van der Waals surface area (Å²) in [5, 5.41) is 10.1. The van der Waals surface area contributed by atoms with Gasteiger partial charge in [0.25, 0.3) is 0 Å². The Labute approximate surface area is 117 Å². The Hall–Kier alpha value is -2.68. The molecule has 2 aromatic carbocycles. The van der Waals surface area contributed by atoms with Crippen molar-refractivity contribution in [2.45, 2.75) is 6.23 Å². The second-order valence-corrected chi connectivity index (χ2v) is 4.86. The lowest BCUT2D eigenvalue weighted by Gasteiger charge is -2.31. The fourth-order valence-electron chi connectivity index (χ4n) is 2.72. The van der Waals surface area contributed by atoms with Crippen LogP contribution < -0.4 is 4.90 Å². The first-order chi connectivity index (χ1) is 9.84.